The van der Waals surface area contributed by atoms with Gasteiger partial charge in [-0.15, -0.1) is 0 Å². The van der Waals surface area contributed by atoms with Crippen molar-refractivity contribution >= 4 is 17.5 Å². The Labute approximate surface area is 155 Å². The van der Waals surface area contributed by atoms with Crippen LogP contribution >= 0.6 is 0 Å². The largest absolute Gasteiger partial charge is 0.339 e. The first-order chi connectivity index (χ1) is 12.4. The van der Waals surface area contributed by atoms with E-state index in [1.807, 2.05) is 68.1 Å². The van der Waals surface area contributed by atoms with E-state index in [2.05, 4.69) is 5.32 Å². The van der Waals surface area contributed by atoms with E-state index in [9.17, 15) is 9.59 Å². The lowest BCUT2D eigenvalue weighted by Crippen LogP contribution is -2.41. The SMILES string of the molecule is Cc1ccc(C(=O)N2CCC(C(=O)Nc3cc(C)ccc3C)CC2)cc1. The highest BCUT2D eigenvalue weighted by atomic mass is 16.2. The Morgan fingerprint density at radius 3 is 2.19 bits per heavy atom. The van der Waals surface area contributed by atoms with E-state index in [1.165, 1.54) is 0 Å². The molecule has 2 aromatic rings. The number of likely N-dealkylation sites (tertiary alicyclic amines) is 1. The van der Waals surface area contributed by atoms with E-state index in [0.29, 0.717) is 31.5 Å². The van der Waals surface area contributed by atoms with E-state index < -0.39 is 0 Å². The number of hydrogen-bond acceptors (Lipinski definition) is 2. The standard InChI is InChI=1S/C22H26N2O2/c1-15-5-8-19(9-6-15)22(26)24-12-10-18(11-13-24)21(25)23-20-14-16(2)4-7-17(20)3/h4-9,14,18H,10-13H2,1-3H3,(H,23,25). The van der Waals surface area contributed by atoms with Crippen LogP contribution in [0.15, 0.2) is 42.5 Å². The number of piperidine rings is 1. The summed E-state index contributed by atoms with van der Waals surface area (Å²) >= 11 is 0. The van der Waals surface area contributed by atoms with Gasteiger partial charge in [-0.1, -0.05) is 29.8 Å². The Hall–Kier alpha value is -2.62. The highest BCUT2D eigenvalue weighted by Crippen LogP contribution is 2.23. The van der Waals surface area contributed by atoms with Gasteiger partial charge in [0.2, 0.25) is 5.91 Å². The monoisotopic (exact) mass is 350 g/mol. The molecule has 1 aliphatic heterocycles. The van der Waals surface area contributed by atoms with Crippen LogP contribution in [-0.4, -0.2) is 29.8 Å². The van der Waals surface area contributed by atoms with Gasteiger partial charge in [0, 0.05) is 30.3 Å². The number of rotatable bonds is 3. The molecular weight excluding hydrogens is 324 g/mol. The number of aryl methyl sites for hydroxylation is 3. The van der Waals surface area contributed by atoms with Crippen molar-refractivity contribution in [2.24, 2.45) is 5.92 Å². The fraction of sp³-hybridized carbons (Fsp3) is 0.364. The molecule has 1 saturated heterocycles. The lowest BCUT2D eigenvalue weighted by atomic mass is 9.95. The molecule has 0 atom stereocenters. The Morgan fingerprint density at radius 1 is 0.923 bits per heavy atom. The summed E-state index contributed by atoms with van der Waals surface area (Å²) in [5, 5.41) is 3.06. The lowest BCUT2D eigenvalue weighted by Gasteiger charge is -2.31. The first-order valence-electron chi connectivity index (χ1n) is 9.18. The van der Waals surface area contributed by atoms with E-state index in [1.54, 1.807) is 0 Å². The molecule has 4 nitrogen and oxygen atoms in total. The van der Waals surface area contributed by atoms with Crippen LogP contribution in [0, 0.1) is 26.7 Å². The zero-order chi connectivity index (χ0) is 18.7. The van der Waals surface area contributed by atoms with Gasteiger partial charge in [-0.3, -0.25) is 9.59 Å². The van der Waals surface area contributed by atoms with Crippen LogP contribution in [0.2, 0.25) is 0 Å². The van der Waals surface area contributed by atoms with E-state index in [4.69, 9.17) is 0 Å². The number of nitrogens with zero attached hydrogens (tertiary/aromatic N) is 1. The van der Waals surface area contributed by atoms with Crippen LogP contribution in [0.4, 0.5) is 5.69 Å². The molecule has 0 spiro atoms. The Kier molecular flexibility index (Phi) is 5.40. The van der Waals surface area contributed by atoms with Crippen molar-refractivity contribution in [1.29, 1.82) is 0 Å². The van der Waals surface area contributed by atoms with Crippen molar-refractivity contribution in [2.75, 3.05) is 18.4 Å². The fourth-order valence-electron chi connectivity index (χ4n) is 3.33. The zero-order valence-electron chi connectivity index (χ0n) is 15.7. The van der Waals surface area contributed by atoms with Gasteiger partial charge in [0.1, 0.15) is 0 Å². The number of nitrogens with one attached hydrogen (secondary N) is 1. The first kappa shape index (κ1) is 18.2. The molecule has 3 rings (SSSR count). The third-order valence-electron chi connectivity index (χ3n) is 5.10. The van der Waals surface area contributed by atoms with E-state index in [-0.39, 0.29) is 17.7 Å². The minimum atomic E-state index is -0.0445. The van der Waals surface area contributed by atoms with Gasteiger partial charge in [-0.2, -0.15) is 0 Å². The summed E-state index contributed by atoms with van der Waals surface area (Å²) in [5.41, 5.74) is 4.94. The van der Waals surface area contributed by atoms with Gasteiger partial charge in [-0.05, 0) is 62.9 Å². The van der Waals surface area contributed by atoms with Crippen LogP contribution in [0.3, 0.4) is 0 Å². The molecule has 26 heavy (non-hydrogen) atoms. The number of carbonyl (C=O) groups excluding carboxylic acids is 2. The minimum absolute atomic E-state index is 0.0445. The highest BCUT2D eigenvalue weighted by Gasteiger charge is 2.28. The van der Waals surface area contributed by atoms with Crippen molar-refractivity contribution in [3.05, 3.63) is 64.7 Å². The number of amides is 2. The third kappa shape index (κ3) is 4.13. The summed E-state index contributed by atoms with van der Waals surface area (Å²) in [6.07, 6.45) is 1.41. The average molecular weight is 350 g/mol. The van der Waals surface area contributed by atoms with Gasteiger partial charge >= 0.3 is 0 Å². The summed E-state index contributed by atoms with van der Waals surface area (Å²) in [7, 11) is 0. The molecule has 4 heteroatoms. The van der Waals surface area contributed by atoms with Gasteiger partial charge in [0.15, 0.2) is 0 Å². The summed E-state index contributed by atoms with van der Waals surface area (Å²) in [4.78, 5) is 27.0. The van der Waals surface area contributed by atoms with Gasteiger partial charge in [0.05, 0.1) is 0 Å². The van der Waals surface area contributed by atoms with Crippen molar-refractivity contribution in [2.45, 2.75) is 33.6 Å². The Morgan fingerprint density at radius 2 is 1.54 bits per heavy atom. The second-order valence-corrected chi connectivity index (χ2v) is 7.24. The predicted octanol–water partition coefficient (Wildman–Crippen LogP) is 4.10. The summed E-state index contributed by atoms with van der Waals surface area (Å²) in [6.45, 7) is 7.27. The summed E-state index contributed by atoms with van der Waals surface area (Å²) in [6, 6.07) is 13.7. The fourth-order valence-corrected chi connectivity index (χ4v) is 3.33. The minimum Gasteiger partial charge on any atom is -0.339 e. The molecule has 0 aromatic heterocycles. The van der Waals surface area contributed by atoms with Gasteiger partial charge in [0.25, 0.3) is 5.91 Å². The maximum absolute atomic E-state index is 12.6. The molecule has 0 saturated carbocycles. The van der Waals surface area contributed by atoms with Crippen molar-refractivity contribution < 1.29 is 9.59 Å². The normalized spacial score (nSPS) is 15.0. The third-order valence-corrected chi connectivity index (χ3v) is 5.10. The molecule has 0 bridgehead atoms. The van der Waals surface area contributed by atoms with E-state index in [0.717, 1.165) is 22.4 Å². The average Bonchev–Trinajstić information content (AvgIpc) is 2.65. The molecule has 1 aliphatic rings. The van der Waals surface area contributed by atoms with Crippen molar-refractivity contribution in [3.8, 4) is 0 Å². The molecule has 0 aliphatic carbocycles. The smallest absolute Gasteiger partial charge is 0.253 e. The molecule has 0 radical (unpaired) electrons. The molecule has 1 heterocycles. The maximum atomic E-state index is 12.6. The number of anilines is 1. The molecule has 1 N–H and O–H groups in total. The van der Waals surface area contributed by atoms with Gasteiger partial charge in [-0.25, -0.2) is 0 Å². The van der Waals surface area contributed by atoms with Crippen LogP contribution in [0.5, 0.6) is 0 Å². The number of benzene rings is 2. The quantitative estimate of drug-likeness (QED) is 0.906. The molecule has 136 valence electrons. The molecule has 1 fully saturated rings. The van der Waals surface area contributed by atoms with Crippen LogP contribution < -0.4 is 5.32 Å². The van der Waals surface area contributed by atoms with Crippen LogP contribution in [0.1, 0.15) is 39.9 Å². The van der Waals surface area contributed by atoms with Crippen molar-refractivity contribution in [1.82, 2.24) is 4.90 Å². The molecule has 2 amide bonds. The Bertz CT molecular complexity index is 803. The summed E-state index contributed by atoms with van der Waals surface area (Å²) < 4.78 is 0. The molecular formula is C22H26N2O2. The lowest BCUT2D eigenvalue weighted by molar-refractivity contribution is -0.121. The van der Waals surface area contributed by atoms with Gasteiger partial charge < -0.3 is 10.2 Å². The summed E-state index contributed by atoms with van der Waals surface area (Å²) in [5.74, 6) is 0.0662. The highest BCUT2D eigenvalue weighted by molar-refractivity contribution is 5.95. The first-order valence-corrected chi connectivity index (χ1v) is 9.18. The van der Waals surface area contributed by atoms with E-state index >= 15 is 0 Å². The van der Waals surface area contributed by atoms with Crippen LogP contribution in [0.25, 0.3) is 0 Å². The number of hydrogen-bond donors (Lipinski definition) is 1. The second kappa shape index (κ2) is 7.73. The molecule has 2 aromatic carbocycles. The molecule has 0 unspecified atom stereocenters. The second-order valence-electron chi connectivity index (χ2n) is 7.24. The number of carbonyl (C=O) groups is 2. The maximum Gasteiger partial charge on any atom is 0.253 e. The van der Waals surface area contributed by atoms with Crippen molar-refractivity contribution in [3.63, 3.8) is 0 Å². The topological polar surface area (TPSA) is 49.4 Å². The Balaban J connectivity index is 1.57. The predicted molar refractivity (Wildman–Crippen MR) is 104 cm³/mol. The van der Waals surface area contributed by atoms with Crippen LogP contribution in [-0.2, 0) is 4.79 Å². The zero-order valence-corrected chi connectivity index (χ0v) is 15.7.